The lowest BCUT2D eigenvalue weighted by molar-refractivity contribution is -0.130. The Morgan fingerprint density at radius 3 is 2.62 bits per heavy atom. The van der Waals surface area contributed by atoms with E-state index in [4.69, 9.17) is 0 Å². The summed E-state index contributed by atoms with van der Waals surface area (Å²) in [6, 6.07) is 0. The molecule has 1 fully saturated rings. The van der Waals surface area contributed by atoms with E-state index in [1.165, 1.54) is 0 Å². The molecule has 0 spiro atoms. The molecule has 1 rings (SSSR count). The minimum absolute atomic E-state index is 0.243. The number of carbonyl (C=O) groups excluding carboxylic acids is 2. The molecule has 1 aliphatic carbocycles. The zero-order valence-corrected chi connectivity index (χ0v) is 4.59. The van der Waals surface area contributed by atoms with E-state index in [1.807, 2.05) is 0 Å². The van der Waals surface area contributed by atoms with Gasteiger partial charge in [-0.3, -0.25) is 9.59 Å². The number of hydrogen-bond donors (Lipinski definition) is 0. The molecule has 1 aliphatic rings. The summed E-state index contributed by atoms with van der Waals surface area (Å²) in [5.74, 6) is 0.306. The number of hydrogen-bond acceptors (Lipinski definition) is 2. The van der Waals surface area contributed by atoms with Crippen LogP contribution in [0.15, 0.2) is 0 Å². The summed E-state index contributed by atoms with van der Waals surface area (Å²) in [5, 5.41) is 0. The normalized spacial score (nSPS) is 18.0. The monoisotopic (exact) mass is 112 g/mol. The van der Waals surface area contributed by atoms with Crippen LogP contribution in [-0.2, 0) is 9.59 Å². The fraction of sp³-hybridized carbons (Fsp3) is 0.667. The third-order valence-electron chi connectivity index (χ3n) is 1.32. The molecule has 0 aliphatic heterocycles. The topological polar surface area (TPSA) is 34.1 Å². The summed E-state index contributed by atoms with van der Waals surface area (Å²) in [6.45, 7) is 0. The van der Waals surface area contributed by atoms with Gasteiger partial charge in [0, 0.05) is 6.42 Å². The van der Waals surface area contributed by atoms with Gasteiger partial charge in [-0.05, 0) is 18.8 Å². The third kappa shape index (κ3) is 1.45. The van der Waals surface area contributed by atoms with Crippen LogP contribution in [-0.4, -0.2) is 12.1 Å². The number of Topliss-reactive ketones (excluding diaryl/α,β-unsaturated/α-hetero) is 1. The molecular formula is C6H8O2. The van der Waals surface area contributed by atoms with Crippen molar-refractivity contribution in [1.29, 1.82) is 0 Å². The molecule has 2 heteroatoms. The zero-order valence-electron chi connectivity index (χ0n) is 4.59. The first kappa shape index (κ1) is 5.48. The van der Waals surface area contributed by atoms with Crippen LogP contribution in [0.4, 0.5) is 0 Å². The Labute approximate surface area is 47.9 Å². The van der Waals surface area contributed by atoms with Crippen molar-refractivity contribution in [2.24, 2.45) is 5.92 Å². The van der Waals surface area contributed by atoms with Gasteiger partial charge in [0.25, 0.3) is 0 Å². The summed E-state index contributed by atoms with van der Waals surface area (Å²) >= 11 is 0. The fourth-order valence-corrected chi connectivity index (χ4v) is 0.655. The van der Waals surface area contributed by atoms with Gasteiger partial charge >= 0.3 is 0 Å². The van der Waals surface area contributed by atoms with Gasteiger partial charge in [-0.25, -0.2) is 0 Å². The molecule has 0 aromatic carbocycles. The van der Waals surface area contributed by atoms with Crippen molar-refractivity contribution in [3.63, 3.8) is 0 Å². The molecule has 0 saturated heterocycles. The molecule has 1 saturated carbocycles. The predicted molar refractivity (Wildman–Crippen MR) is 28.4 cm³/mol. The molecule has 0 N–H and O–H groups in total. The summed E-state index contributed by atoms with van der Waals surface area (Å²) in [7, 11) is 0. The number of rotatable bonds is 3. The molecule has 0 aromatic rings. The van der Waals surface area contributed by atoms with Crippen LogP contribution in [0, 0.1) is 5.92 Å². The van der Waals surface area contributed by atoms with Crippen molar-refractivity contribution in [1.82, 2.24) is 0 Å². The average Bonchev–Trinajstić information content (AvgIpc) is 2.50. The van der Waals surface area contributed by atoms with Gasteiger partial charge in [0.15, 0.2) is 12.1 Å². The lowest BCUT2D eigenvalue weighted by atomic mass is 10.2. The van der Waals surface area contributed by atoms with E-state index in [1.54, 1.807) is 0 Å². The van der Waals surface area contributed by atoms with E-state index < -0.39 is 0 Å². The van der Waals surface area contributed by atoms with E-state index in [0.29, 0.717) is 18.6 Å². The molecule has 0 radical (unpaired) electrons. The second kappa shape index (κ2) is 2.07. The van der Waals surface area contributed by atoms with Crippen molar-refractivity contribution in [3.8, 4) is 0 Å². The van der Waals surface area contributed by atoms with Crippen LogP contribution >= 0.6 is 0 Å². The molecule has 0 unspecified atom stereocenters. The first-order valence-corrected chi connectivity index (χ1v) is 2.81. The van der Waals surface area contributed by atoms with Gasteiger partial charge < -0.3 is 0 Å². The maximum Gasteiger partial charge on any atom is 0.195 e. The maximum absolute atomic E-state index is 10.3. The Kier molecular flexibility index (Phi) is 1.42. The fourth-order valence-electron chi connectivity index (χ4n) is 0.655. The van der Waals surface area contributed by atoms with Crippen LogP contribution in [0.25, 0.3) is 0 Å². The smallest absolute Gasteiger partial charge is 0.195 e. The molecule has 0 amide bonds. The van der Waals surface area contributed by atoms with Gasteiger partial charge in [-0.15, -0.1) is 0 Å². The quantitative estimate of drug-likeness (QED) is 0.394. The molecule has 0 heterocycles. The molecule has 0 bridgehead atoms. The first-order chi connectivity index (χ1) is 3.83. The lowest BCUT2D eigenvalue weighted by Crippen LogP contribution is -1.98. The maximum atomic E-state index is 10.3. The largest absolute Gasteiger partial charge is 0.295 e. The molecule has 8 heavy (non-hydrogen) atoms. The Morgan fingerprint density at radius 1 is 1.62 bits per heavy atom. The lowest BCUT2D eigenvalue weighted by Gasteiger charge is -1.82. The minimum Gasteiger partial charge on any atom is -0.295 e. The summed E-state index contributed by atoms with van der Waals surface area (Å²) in [6.07, 6.45) is 3.18. The van der Waals surface area contributed by atoms with Crippen molar-refractivity contribution < 1.29 is 9.59 Å². The van der Waals surface area contributed by atoms with Crippen molar-refractivity contribution in [2.75, 3.05) is 0 Å². The van der Waals surface area contributed by atoms with Crippen LogP contribution in [0.3, 0.4) is 0 Å². The van der Waals surface area contributed by atoms with Crippen LogP contribution in [0.2, 0.25) is 0 Å². The number of ketones is 1. The van der Waals surface area contributed by atoms with Gasteiger partial charge in [0.2, 0.25) is 0 Å². The minimum atomic E-state index is -0.243. The van der Waals surface area contributed by atoms with Gasteiger partial charge in [0.05, 0.1) is 0 Å². The van der Waals surface area contributed by atoms with E-state index in [2.05, 4.69) is 0 Å². The highest BCUT2D eigenvalue weighted by molar-refractivity contribution is 6.25. The Morgan fingerprint density at radius 2 is 2.25 bits per heavy atom. The van der Waals surface area contributed by atoms with E-state index in [0.717, 1.165) is 12.8 Å². The third-order valence-corrected chi connectivity index (χ3v) is 1.32. The highest BCUT2D eigenvalue weighted by Gasteiger charge is 2.23. The second-order valence-corrected chi connectivity index (χ2v) is 2.23. The Balaban J connectivity index is 2.16. The van der Waals surface area contributed by atoms with E-state index in [-0.39, 0.29) is 5.78 Å². The van der Waals surface area contributed by atoms with Crippen LogP contribution in [0.1, 0.15) is 19.3 Å². The van der Waals surface area contributed by atoms with Crippen LogP contribution < -0.4 is 0 Å². The Hall–Kier alpha value is -0.660. The highest BCUT2D eigenvalue weighted by Crippen LogP contribution is 2.31. The molecular weight excluding hydrogens is 104 g/mol. The number of aldehydes is 1. The average molecular weight is 112 g/mol. The molecule has 2 nitrogen and oxygen atoms in total. The SMILES string of the molecule is O=CC(=O)CC1CC1. The first-order valence-electron chi connectivity index (χ1n) is 2.81. The summed E-state index contributed by atoms with van der Waals surface area (Å²) in [4.78, 5) is 20.0. The number of carbonyl (C=O) groups is 2. The standard InChI is InChI=1S/C6H8O2/c7-4-6(8)3-5-1-2-5/h4-5H,1-3H2. The van der Waals surface area contributed by atoms with Crippen LogP contribution in [0.5, 0.6) is 0 Å². The molecule has 0 aromatic heterocycles. The van der Waals surface area contributed by atoms with E-state index >= 15 is 0 Å². The van der Waals surface area contributed by atoms with Crippen molar-refractivity contribution >= 4 is 12.1 Å². The van der Waals surface area contributed by atoms with Crippen molar-refractivity contribution in [3.05, 3.63) is 0 Å². The van der Waals surface area contributed by atoms with Gasteiger partial charge in [-0.2, -0.15) is 0 Å². The van der Waals surface area contributed by atoms with Crippen molar-refractivity contribution in [2.45, 2.75) is 19.3 Å². The predicted octanol–water partition coefficient (Wildman–Crippen LogP) is 0.554. The molecule has 0 atom stereocenters. The van der Waals surface area contributed by atoms with Gasteiger partial charge in [-0.1, -0.05) is 0 Å². The summed E-state index contributed by atoms with van der Waals surface area (Å²) in [5.41, 5.74) is 0. The van der Waals surface area contributed by atoms with Gasteiger partial charge in [0.1, 0.15) is 0 Å². The van der Waals surface area contributed by atoms with E-state index in [9.17, 15) is 9.59 Å². The highest BCUT2D eigenvalue weighted by atomic mass is 16.2. The Bertz CT molecular complexity index is 114. The zero-order chi connectivity index (χ0) is 5.98. The summed E-state index contributed by atoms with van der Waals surface area (Å²) < 4.78 is 0. The second-order valence-electron chi connectivity index (χ2n) is 2.23. The molecule has 44 valence electrons.